The number of ether oxygens (including phenoxy) is 1. The van der Waals surface area contributed by atoms with Crippen molar-refractivity contribution >= 4 is 11.6 Å². The number of halogens is 4. The second kappa shape index (κ2) is 9.16. The number of aryl methyl sites for hydroxylation is 1. The largest absolute Gasteiger partial charge is 0.416 e. The van der Waals surface area contributed by atoms with Gasteiger partial charge >= 0.3 is 6.18 Å². The Morgan fingerprint density at radius 2 is 2.00 bits per heavy atom. The maximum Gasteiger partial charge on any atom is 0.416 e. The predicted octanol–water partition coefficient (Wildman–Crippen LogP) is 4.62. The molecule has 1 saturated carbocycles. The number of anilines is 1. The van der Waals surface area contributed by atoms with Gasteiger partial charge in [-0.15, -0.1) is 10.2 Å². The van der Waals surface area contributed by atoms with E-state index in [1.54, 1.807) is 37.4 Å². The first-order valence-corrected chi connectivity index (χ1v) is 12.6. The Bertz CT molecular complexity index is 1380. The number of benzene rings is 2. The molecule has 0 radical (unpaired) electrons. The Kier molecular flexibility index (Phi) is 6.03. The van der Waals surface area contributed by atoms with E-state index < -0.39 is 29.2 Å². The Morgan fingerprint density at radius 1 is 1.21 bits per heavy atom. The van der Waals surface area contributed by atoms with Gasteiger partial charge in [0.15, 0.2) is 12.0 Å². The molecule has 3 aromatic rings. The molecule has 7 nitrogen and oxygen atoms in total. The summed E-state index contributed by atoms with van der Waals surface area (Å²) in [4.78, 5) is 14.8. The molecule has 38 heavy (non-hydrogen) atoms. The van der Waals surface area contributed by atoms with E-state index in [-0.39, 0.29) is 43.3 Å². The van der Waals surface area contributed by atoms with Gasteiger partial charge in [-0.3, -0.25) is 4.79 Å². The highest BCUT2D eigenvalue weighted by Crippen LogP contribution is 2.46. The average molecular weight is 530 g/mol. The monoisotopic (exact) mass is 529 g/mol. The molecule has 2 aliphatic heterocycles. The first kappa shape index (κ1) is 25.0. The number of rotatable bonds is 7. The van der Waals surface area contributed by atoms with Crippen LogP contribution in [0.25, 0.3) is 0 Å². The Hall–Kier alpha value is -3.31. The fourth-order valence-electron chi connectivity index (χ4n) is 5.44. The fraction of sp³-hybridized carbons (Fsp3) is 0.444. The molecule has 11 heteroatoms. The maximum atomic E-state index is 15.8. The van der Waals surface area contributed by atoms with Gasteiger partial charge in [-0.25, -0.2) is 4.39 Å². The van der Waals surface area contributed by atoms with Crippen molar-refractivity contribution in [2.75, 3.05) is 18.1 Å². The quantitative estimate of drug-likeness (QED) is 0.453. The lowest BCUT2D eigenvalue weighted by Gasteiger charge is -2.43. The summed E-state index contributed by atoms with van der Waals surface area (Å²) in [5.41, 5.74) is -0.387. The Morgan fingerprint density at radius 3 is 2.61 bits per heavy atom. The van der Waals surface area contributed by atoms with Gasteiger partial charge in [0, 0.05) is 30.9 Å². The van der Waals surface area contributed by atoms with Crippen LogP contribution in [0.1, 0.15) is 63.9 Å². The Balaban J connectivity index is 1.32. The molecular weight excluding hydrogens is 502 g/mol. The van der Waals surface area contributed by atoms with Gasteiger partial charge in [-0.1, -0.05) is 18.6 Å². The maximum absolute atomic E-state index is 15.8. The highest BCUT2D eigenvalue weighted by Gasteiger charge is 2.51. The van der Waals surface area contributed by atoms with Crippen LogP contribution in [0, 0.1) is 0 Å². The molecule has 3 aliphatic rings. The zero-order valence-corrected chi connectivity index (χ0v) is 20.8. The first-order valence-electron chi connectivity index (χ1n) is 12.6. The third-order valence-corrected chi connectivity index (χ3v) is 8.02. The van der Waals surface area contributed by atoms with Crippen molar-refractivity contribution in [1.29, 1.82) is 0 Å². The van der Waals surface area contributed by atoms with Gasteiger partial charge in [0.2, 0.25) is 0 Å². The molecule has 1 saturated heterocycles. The van der Waals surface area contributed by atoms with Crippen molar-refractivity contribution in [3.05, 3.63) is 76.4 Å². The van der Waals surface area contributed by atoms with Crippen LogP contribution in [0.2, 0.25) is 0 Å². The number of fused-ring (bicyclic) bond motifs is 1. The number of alkyl halides is 4. The summed E-state index contributed by atoms with van der Waals surface area (Å²) in [5, 5.41) is 11.0. The molecule has 0 bridgehead atoms. The summed E-state index contributed by atoms with van der Waals surface area (Å²) in [6.45, 7) is 0.267. The number of aromatic nitrogens is 3. The highest BCUT2D eigenvalue weighted by atomic mass is 19.4. The second-order valence-corrected chi connectivity index (χ2v) is 10.4. The van der Waals surface area contributed by atoms with Gasteiger partial charge in [0.05, 0.1) is 30.7 Å². The normalized spacial score (nSPS) is 19.7. The summed E-state index contributed by atoms with van der Waals surface area (Å²) in [6, 6.07) is 9.76. The third-order valence-electron chi connectivity index (χ3n) is 8.02. The van der Waals surface area contributed by atoms with Crippen LogP contribution in [0.15, 0.2) is 42.7 Å². The minimum absolute atomic E-state index is 0.0376. The molecule has 0 spiro atoms. The molecule has 3 heterocycles. The van der Waals surface area contributed by atoms with Gasteiger partial charge in [0.25, 0.3) is 5.91 Å². The molecule has 6 rings (SSSR count). The molecule has 1 aliphatic carbocycles. The van der Waals surface area contributed by atoms with Crippen LogP contribution in [0.5, 0.6) is 0 Å². The van der Waals surface area contributed by atoms with E-state index in [4.69, 9.17) is 4.74 Å². The molecule has 2 aromatic carbocycles. The molecule has 1 atom stereocenters. The number of nitrogens with zero attached hydrogens (tertiary/aromatic N) is 4. The summed E-state index contributed by atoms with van der Waals surface area (Å²) in [5.74, 6) is -0.349. The number of hydrogen-bond acceptors (Lipinski definition) is 5. The zero-order chi connectivity index (χ0) is 26.7. The van der Waals surface area contributed by atoms with Crippen LogP contribution in [-0.2, 0) is 36.5 Å². The van der Waals surface area contributed by atoms with E-state index >= 15 is 4.39 Å². The van der Waals surface area contributed by atoms with E-state index in [2.05, 4.69) is 15.5 Å². The van der Waals surface area contributed by atoms with Crippen molar-refractivity contribution in [2.45, 2.75) is 56.2 Å². The summed E-state index contributed by atoms with van der Waals surface area (Å²) in [7, 11) is 1.65. The van der Waals surface area contributed by atoms with Gasteiger partial charge in [-0.05, 0) is 53.8 Å². The van der Waals surface area contributed by atoms with Gasteiger partial charge in [0.1, 0.15) is 6.33 Å². The van der Waals surface area contributed by atoms with Crippen LogP contribution in [0.4, 0.5) is 23.2 Å². The van der Waals surface area contributed by atoms with E-state index in [0.717, 1.165) is 25.3 Å². The van der Waals surface area contributed by atoms with Crippen LogP contribution in [-0.4, -0.2) is 39.9 Å². The third kappa shape index (κ3) is 4.08. The van der Waals surface area contributed by atoms with E-state index in [9.17, 15) is 18.0 Å². The second-order valence-electron chi connectivity index (χ2n) is 10.4. The van der Waals surface area contributed by atoms with E-state index in [1.165, 1.54) is 15.8 Å². The minimum atomic E-state index is -4.60. The number of carbonyl (C=O) groups is 1. The molecule has 2 fully saturated rings. The fourth-order valence-corrected chi connectivity index (χ4v) is 5.44. The number of hydrogen-bond donors (Lipinski definition) is 1. The van der Waals surface area contributed by atoms with E-state index in [1.807, 2.05) is 0 Å². The van der Waals surface area contributed by atoms with Crippen molar-refractivity contribution in [3.63, 3.8) is 0 Å². The van der Waals surface area contributed by atoms with Crippen molar-refractivity contribution in [1.82, 2.24) is 20.1 Å². The lowest BCUT2D eigenvalue weighted by molar-refractivity contribution is -0.138. The molecule has 200 valence electrons. The standard InChI is InChI=1S/C27H27F4N5O2/c1-35-15-33-34-24(35)23(28)26(13-38-14-26)17-4-2-7-19(10-17)36-12-21-20(25(36)37)8-16(9-22(21)27(29,30)31)11-32-18-5-3-6-18/h2,4,7-10,15,18,23,32H,3,5-6,11-14H2,1H3/t23-/m0/s1. The summed E-state index contributed by atoms with van der Waals surface area (Å²) in [6.07, 6.45) is -1.59. The topological polar surface area (TPSA) is 72.3 Å². The van der Waals surface area contributed by atoms with Crippen LogP contribution >= 0.6 is 0 Å². The molecule has 1 amide bonds. The van der Waals surface area contributed by atoms with Crippen LogP contribution < -0.4 is 10.2 Å². The van der Waals surface area contributed by atoms with Gasteiger partial charge in [-0.2, -0.15) is 13.2 Å². The van der Waals surface area contributed by atoms with Crippen molar-refractivity contribution in [2.24, 2.45) is 7.05 Å². The number of nitrogens with one attached hydrogen (secondary N) is 1. The molecular formula is C27H27F4N5O2. The smallest absolute Gasteiger partial charge is 0.379 e. The molecule has 1 aromatic heterocycles. The Labute approximate surface area is 216 Å². The molecule has 1 N–H and O–H groups in total. The van der Waals surface area contributed by atoms with Crippen LogP contribution in [0.3, 0.4) is 0 Å². The zero-order valence-electron chi connectivity index (χ0n) is 20.8. The van der Waals surface area contributed by atoms with Crippen molar-refractivity contribution in [3.8, 4) is 0 Å². The first-order chi connectivity index (χ1) is 18.2. The summed E-state index contributed by atoms with van der Waals surface area (Å²) < 4.78 is 64.9. The van der Waals surface area contributed by atoms with E-state index in [0.29, 0.717) is 22.9 Å². The minimum Gasteiger partial charge on any atom is -0.379 e. The predicted molar refractivity (Wildman–Crippen MR) is 130 cm³/mol. The number of amides is 1. The lowest BCUT2D eigenvalue weighted by atomic mass is 9.74. The average Bonchev–Trinajstić information content (AvgIpc) is 3.39. The lowest BCUT2D eigenvalue weighted by Crippen LogP contribution is -2.50. The van der Waals surface area contributed by atoms with Gasteiger partial charge < -0.3 is 19.5 Å². The van der Waals surface area contributed by atoms with Crippen molar-refractivity contribution < 1.29 is 27.1 Å². The summed E-state index contributed by atoms with van der Waals surface area (Å²) >= 11 is 0. The number of carbonyl (C=O) groups excluding carboxylic acids is 1. The highest BCUT2D eigenvalue weighted by molar-refractivity contribution is 6.10. The SMILES string of the molecule is Cn1cnnc1[C@H](F)C1(c2cccc(N3Cc4c(cc(CNC5CCC5)cc4C(F)(F)F)C3=O)c2)COC1. The molecule has 0 unspecified atom stereocenters.